The van der Waals surface area contributed by atoms with E-state index in [2.05, 4.69) is 33.0 Å². The van der Waals surface area contributed by atoms with Crippen molar-refractivity contribution in [1.82, 2.24) is 5.32 Å². The van der Waals surface area contributed by atoms with Gasteiger partial charge in [-0.25, -0.2) is 0 Å². The van der Waals surface area contributed by atoms with Crippen molar-refractivity contribution in [3.8, 4) is 0 Å². The Morgan fingerprint density at radius 2 is 1.81 bits per heavy atom. The molecule has 0 saturated heterocycles. The van der Waals surface area contributed by atoms with Crippen LogP contribution in [0.4, 0.5) is 0 Å². The van der Waals surface area contributed by atoms with Crippen molar-refractivity contribution in [2.75, 3.05) is 0 Å². The summed E-state index contributed by atoms with van der Waals surface area (Å²) in [5, 5.41) is 3.93. The van der Waals surface area contributed by atoms with Crippen LogP contribution in [0, 0.1) is 17.3 Å². The topological polar surface area (TPSA) is 12.0 Å². The summed E-state index contributed by atoms with van der Waals surface area (Å²) in [6.07, 6.45) is 8.52. The number of hydrogen-bond acceptors (Lipinski definition) is 1. The van der Waals surface area contributed by atoms with Gasteiger partial charge in [0.15, 0.2) is 0 Å². The fourth-order valence-electron chi connectivity index (χ4n) is 3.43. The first-order valence-corrected chi connectivity index (χ1v) is 7.25. The highest BCUT2D eigenvalue weighted by molar-refractivity contribution is 4.94. The van der Waals surface area contributed by atoms with Crippen LogP contribution in [-0.4, -0.2) is 12.1 Å². The van der Waals surface area contributed by atoms with Crippen LogP contribution in [0.5, 0.6) is 0 Å². The minimum atomic E-state index is 0.529. The molecule has 1 N–H and O–H groups in total. The molecular weight excluding hydrogens is 194 g/mol. The zero-order chi connectivity index (χ0) is 11.8. The molecule has 1 atom stereocenters. The van der Waals surface area contributed by atoms with E-state index < -0.39 is 0 Å². The van der Waals surface area contributed by atoms with Crippen LogP contribution in [0.25, 0.3) is 0 Å². The van der Waals surface area contributed by atoms with Crippen LogP contribution in [0.1, 0.15) is 66.2 Å². The van der Waals surface area contributed by atoms with E-state index in [9.17, 15) is 0 Å². The first-order valence-electron chi connectivity index (χ1n) is 7.25. The van der Waals surface area contributed by atoms with E-state index in [1.807, 2.05) is 0 Å². The fraction of sp³-hybridized carbons (Fsp3) is 1.00. The smallest absolute Gasteiger partial charge is 0.0121 e. The molecule has 0 spiro atoms. The molecule has 1 unspecified atom stereocenters. The van der Waals surface area contributed by atoms with Crippen molar-refractivity contribution in [1.29, 1.82) is 0 Å². The molecule has 2 rings (SSSR count). The Labute approximate surface area is 101 Å². The molecule has 0 radical (unpaired) electrons. The molecule has 0 aromatic heterocycles. The highest BCUT2D eigenvalue weighted by Gasteiger charge is 2.37. The molecule has 0 aromatic rings. The molecule has 0 amide bonds. The molecule has 0 heterocycles. The van der Waals surface area contributed by atoms with Crippen LogP contribution in [0.3, 0.4) is 0 Å². The summed E-state index contributed by atoms with van der Waals surface area (Å²) in [6, 6.07) is 1.61. The van der Waals surface area contributed by atoms with E-state index in [-0.39, 0.29) is 0 Å². The van der Waals surface area contributed by atoms with Gasteiger partial charge in [-0.05, 0) is 42.9 Å². The fourth-order valence-corrected chi connectivity index (χ4v) is 3.43. The molecule has 1 nitrogen and oxygen atoms in total. The van der Waals surface area contributed by atoms with Crippen molar-refractivity contribution < 1.29 is 0 Å². The second kappa shape index (κ2) is 4.68. The summed E-state index contributed by atoms with van der Waals surface area (Å²) < 4.78 is 0. The maximum atomic E-state index is 3.93. The summed E-state index contributed by atoms with van der Waals surface area (Å²) >= 11 is 0. The highest BCUT2D eigenvalue weighted by Crippen LogP contribution is 2.39. The standard InChI is InChI=1S/C15H29N/c1-11(2)12-9-13(10-12)16-14-7-5-6-8-15(14,3)4/h11-14,16H,5-10H2,1-4H3. The van der Waals surface area contributed by atoms with E-state index in [1.165, 1.54) is 38.5 Å². The van der Waals surface area contributed by atoms with Gasteiger partial charge in [0.1, 0.15) is 0 Å². The predicted molar refractivity (Wildman–Crippen MR) is 70.5 cm³/mol. The Morgan fingerprint density at radius 3 is 2.38 bits per heavy atom. The van der Waals surface area contributed by atoms with Gasteiger partial charge in [-0.15, -0.1) is 0 Å². The second-order valence-electron chi connectivity index (χ2n) is 7.13. The SMILES string of the molecule is CC(C)C1CC(NC2CCCCC2(C)C)C1. The molecule has 1 heteroatoms. The van der Waals surface area contributed by atoms with E-state index in [1.54, 1.807) is 0 Å². The van der Waals surface area contributed by atoms with Gasteiger partial charge in [0.2, 0.25) is 0 Å². The summed E-state index contributed by atoms with van der Waals surface area (Å²) in [6.45, 7) is 9.63. The monoisotopic (exact) mass is 223 g/mol. The third-order valence-corrected chi connectivity index (χ3v) is 5.06. The lowest BCUT2D eigenvalue weighted by Crippen LogP contribution is -2.53. The molecule has 94 valence electrons. The van der Waals surface area contributed by atoms with Gasteiger partial charge < -0.3 is 5.32 Å². The average Bonchev–Trinajstić information content (AvgIpc) is 2.11. The third-order valence-electron chi connectivity index (χ3n) is 5.06. The van der Waals surface area contributed by atoms with Crippen LogP contribution in [0.15, 0.2) is 0 Å². The molecule has 2 fully saturated rings. The lowest BCUT2D eigenvalue weighted by molar-refractivity contribution is 0.0989. The van der Waals surface area contributed by atoms with Gasteiger partial charge in [0, 0.05) is 12.1 Å². The van der Waals surface area contributed by atoms with Crippen LogP contribution >= 0.6 is 0 Å². The Kier molecular flexibility index (Phi) is 3.63. The van der Waals surface area contributed by atoms with Gasteiger partial charge in [-0.2, -0.15) is 0 Å². The van der Waals surface area contributed by atoms with Crippen molar-refractivity contribution in [3.05, 3.63) is 0 Å². The highest BCUT2D eigenvalue weighted by atomic mass is 15.0. The minimum absolute atomic E-state index is 0.529. The summed E-state index contributed by atoms with van der Waals surface area (Å²) in [7, 11) is 0. The lowest BCUT2D eigenvalue weighted by atomic mass is 9.70. The Balaban J connectivity index is 1.78. The minimum Gasteiger partial charge on any atom is -0.311 e. The van der Waals surface area contributed by atoms with Crippen molar-refractivity contribution >= 4 is 0 Å². The molecule has 2 saturated carbocycles. The van der Waals surface area contributed by atoms with Gasteiger partial charge in [0.25, 0.3) is 0 Å². The Bertz CT molecular complexity index is 226. The number of rotatable bonds is 3. The second-order valence-corrected chi connectivity index (χ2v) is 7.13. The molecule has 0 bridgehead atoms. The predicted octanol–water partition coefficient (Wildman–Crippen LogP) is 3.98. The molecular formula is C15H29N. The van der Waals surface area contributed by atoms with E-state index in [4.69, 9.17) is 0 Å². The summed E-state index contributed by atoms with van der Waals surface area (Å²) in [5.74, 6) is 1.88. The van der Waals surface area contributed by atoms with Gasteiger partial charge in [-0.1, -0.05) is 40.5 Å². The van der Waals surface area contributed by atoms with Crippen molar-refractivity contribution in [2.45, 2.75) is 78.3 Å². The van der Waals surface area contributed by atoms with E-state index in [0.29, 0.717) is 5.41 Å². The van der Waals surface area contributed by atoms with E-state index in [0.717, 1.165) is 23.9 Å². The Hall–Kier alpha value is -0.0400. The molecule has 2 aliphatic rings. The first-order chi connectivity index (χ1) is 7.49. The third kappa shape index (κ3) is 2.61. The largest absolute Gasteiger partial charge is 0.311 e. The van der Waals surface area contributed by atoms with Gasteiger partial charge in [0.05, 0.1) is 0 Å². The zero-order valence-electron chi connectivity index (χ0n) is 11.6. The molecule has 2 aliphatic carbocycles. The average molecular weight is 223 g/mol. The number of nitrogens with one attached hydrogen (secondary N) is 1. The number of hydrogen-bond donors (Lipinski definition) is 1. The van der Waals surface area contributed by atoms with Crippen molar-refractivity contribution in [3.63, 3.8) is 0 Å². The quantitative estimate of drug-likeness (QED) is 0.763. The maximum absolute atomic E-state index is 3.93. The van der Waals surface area contributed by atoms with Gasteiger partial charge >= 0.3 is 0 Å². The summed E-state index contributed by atoms with van der Waals surface area (Å²) in [5.41, 5.74) is 0.529. The maximum Gasteiger partial charge on any atom is 0.0121 e. The Morgan fingerprint density at radius 1 is 1.12 bits per heavy atom. The molecule has 0 aromatic carbocycles. The first kappa shape index (κ1) is 12.4. The van der Waals surface area contributed by atoms with Crippen LogP contribution in [0.2, 0.25) is 0 Å². The van der Waals surface area contributed by atoms with Crippen LogP contribution < -0.4 is 5.32 Å². The van der Waals surface area contributed by atoms with Gasteiger partial charge in [-0.3, -0.25) is 0 Å². The molecule has 16 heavy (non-hydrogen) atoms. The molecule has 0 aliphatic heterocycles. The summed E-state index contributed by atoms with van der Waals surface area (Å²) in [4.78, 5) is 0. The zero-order valence-corrected chi connectivity index (χ0v) is 11.6. The van der Waals surface area contributed by atoms with E-state index >= 15 is 0 Å². The van der Waals surface area contributed by atoms with Crippen molar-refractivity contribution in [2.24, 2.45) is 17.3 Å². The lowest BCUT2D eigenvalue weighted by Gasteiger charge is -2.46. The van der Waals surface area contributed by atoms with Crippen LogP contribution in [-0.2, 0) is 0 Å². The normalized spacial score (nSPS) is 38.4.